The number of carbonyl (C=O) groups excluding carboxylic acids is 1. The highest BCUT2D eigenvalue weighted by atomic mass is 31.2. The Labute approximate surface area is 371 Å². The lowest BCUT2D eigenvalue weighted by atomic mass is 10.0. The Morgan fingerprint density at radius 2 is 0.933 bits per heavy atom. The molecule has 0 fully saturated rings. The number of rotatable bonds is 48. The van der Waals surface area contributed by atoms with Crippen LogP contribution in [0.5, 0.6) is 0 Å². The number of ether oxygens (including phenoxy) is 2. The Hall–Kier alpha value is -1.54. The fourth-order valence-electron chi connectivity index (χ4n) is 7.11. The molecule has 0 saturated heterocycles. The summed E-state index contributed by atoms with van der Waals surface area (Å²) in [6.07, 6.45) is 58.5. The number of unbranched alkanes of at least 4 members (excludes halogenated alkanes) is 27. The molecule has 0 radical (unpaired) electrons. The minimum Gasteiger partial charge on any atom is -0.457 e. The highest BCUT2D eigenvalue weighted by Gasteiger charge is 2.25. The van der Waals surface area contributed by atoms with Crippen LogP contribution in [0, 0.1) is 0 Å². The summed E-state index contributed by atoms with van der Waals surface area (Å²) in [5.74, 6) is -0.332. The first kappa shape index (κ1) is 58.5. The van der Waals surface area contributed by atoms with Gasteiger partial charge in [-0.25, -0.2) is 4.57 Å². The van der Waals surface area contributed by atoms with E-state index in [1.165, 1.54) is 154 Å². The maximum Gasteiger partial charge on any atom is 0.472 e. The number of phosphoric ester groups is 1. The van der Waals surface area contributed by atoms with Crippen LogP contribution >= 0.6 is 7.82 Å². The number of nitrogens with two attached hydrogens (primary N) is 1. The van der Waals surface area contributed by atoms with E-state index >= 15 is 0 Å². The van der Waals surface area contributed by atoms with Crippen LogP contribution in [-0.4, -0.2) is 49.9 Å². The summed E-state index contributed by atoms with van der Waals surface area (Å²) in [6, 6.07) is 0. The summed E-state index contributed by atoms with van der Waals surface area (Å²) in [7, 11) is -4.28. The predicted octanol–water partition coefficient (Wildman–Crippen LogP) is 15.5. The van der Waals surface area contributed by atoms with Gasteiger partial charge in [-0.3, -0.25) is 13.8 Å². The van der Waals surface area contributed by atoms with Gasteiger partial charge >= 0.3 is 13.8 Å². The summed E-state index contributed by atoms with van der Waals surface area (Å²) in [5.41, 5.74) is 5.39. The molecule has 3 N–H and O–H groups in total. The van der Waals surface area contributed by atoms with Crippen LogP contribution in [0.15, 0.2) is 48.6 Å². The molecule has 0 spiro atoms. The normalized spacial score (nSPS) is 13.7. The van der Waals surface area contributed by atoms with Gasteiger partial charge in [-0.05, 0) is 51.4 Å². The molecule has 0 bridgehead atoms. The van der Waals surface area contributed by atoms with Gasteiger partial charge in [0.25, 0.3) is 0 Å². The van der Waals surface area contributed by atoms with Gasteiger partial charge < -0.3 is 20.1 Å². The van der Waals surface area contributed by atoms with E-state index in [4.69, 9.17) is 24.3 Å². The highest BCUT2D eigenvalue weighted by Crippen LogP contribution is 2.43. The molecule has 2 atom stereocenters. The Morgan fingerprint density at radius 3 is 1.40 bits per heavy atom. The first-order valence-corrected chi connectivity index (χ1v) is 26.6. The zero-order chi connectivity index (χ0) is 43.7. The van der Waals surface area contributed by atoms with Gasteiger partial charge in [0.1, 0.15) is 6.10 Å². The molecule has 60 heavy (non-hydrogen) atoms. The summed E-state index contributed by atoms with van der Waals surface area (Å²) in [4.78, 5) is 22.6. The summed E-state index contributed by atoms with van der Waals surface area (Å²) in [5, 5.41) is 0. The molecule has 8 nitrogen and oxygen atoms in total. The van der Waals surface area contributed by atoms with Crippen molar-refractivity contribution < 1.29 is 32.8 Å². The molecule has 0 aliphatic rings. The fourth-order valence-corrected chi connectivity index (χ4v) is 7.87. The zero-order valence-electron chi connectivity index (χ0n) is 39.2. The first-order chi connectivity index (χ1) is 29.4. The lowest BCUT2D eigenvalue weighted by Crippen LogP contribution is -2.28. The third kappa shape index (κ3) is 47.5. The van der Waals surface area contributed by atoms with Crippen molar-refractivity contribution in [3.05, 3.63) is 48.6 Å². The standard InChI is InChI=1S/C51H96NO7P/c1-3-5-7-9-11-13-15-17-19-21-23-24-25-26-27-28-30-32-34-36-38-40-42-44-51(53)59-50(49-58-60(54,55)57-47-45-52)48-56-46-43-41-39-37-35-33-31-29-22-20-18-16-14-12-10-8-6-4-2/h5,7,11,13,17,19,23-24,50H,3-4,6,8-10,12,14-16,18,20-22,25-49,52H2,1-2H3,(H,54,55)/b7-5-,13-11-,19-17-,24-23-. The van der Waals surface area contributed by atoms with E-state index in [2.05, 4.69) is 62.5 Å². The van der Waals surface area contributed by atoms with Crippen LogP contribution in [0.4, 0.5) is 0 Å². The molecule has 0 heterocycles. The molecule has 0 amide bonds. The molecule has 0 aliphatic heterocycles. The van der Waals surface area contributed by atoms with Gasteiger partial charge in [-0.2, -0.15) is 0 Å². The Kier molecular flexibility index (Phi) is 47.2. The molecule has 9 heteroatoms. The number of esters is 1. The van der Waals surface area contributed by atoms with Gasteiger partial charge in [-0.1, -0.05) is 223 Å². The SMILES string of the molecule is CC/C=C\C/C=C\C/C=C\C/C=C\CCCCCCCCCCCCC(=O)OC(COCCCCCCCCCCCCCCCCCCCC)COP(=O)(O)OCCN. The molecule has 0 aromatic carbocycles. The van der Waals surface area contributed by atoms with Crippen LogP contribution in [0.3, 0.4) is 0 Å². The van der Waals surface area contributed by atoms with Crippen molar-refractivity contribution in [2.75, 3.05) is 33.0 Å². The summed E-state index contributed by atoms with van der Waals surface area (Å²) in [6.45, 7) is 4.85. The zero-order valence-corrected chi connectivity index (χ0v) is 40.1. The van der Waals surface area contributed by atoms with E-state index in [1.54, 1.807) is 0 Å². The number of carbonyl (C=O) groups is 1. The lowest BCUT2D eigenvalue weighted by Gasteiger charge is -2.20. The molecular weight excluding hydrogens is 770 g/mol. The van der Waals surface area contributed by atoms with Crippen molar-refractivity contribution in [1.29, 1.82) is 0 Å². The third-order valence-corrected chi connectivity index (χ3v) is 11.7. The van der Waals surface area contributed by atoms with Crippen molar-refractivity contribution in [2.45, 2.75) is 238 Å². The fraction of sp³-hybridized carbons (Fsp3) is 0.824. The van der Waals surface area contributed by atoms with Crippen molar-refractivity contribution in [1.82, 2.24) is 0 Å². The van der Waals surface area contributed by atoms with E-state index in [1.807, 2.05) is 0 Å². The van der Waals surface area contributed by atoms with Crippen molar-refractivity contribution in [2.24, 2.45) is 5.73 Å². The summed E-state index contributed by atoms with van der Waals surface area (Å²) < 4.78 is 33.6. The second-order valence-electron chi connectivity index (χ2n) is 16.7. The smallest absolute Gasteiger partial charge is 0.457 e. The average Bonchev–Trinajstić information content (AvgIpc) is 3.24. The molecule has 352 valence electrons. The van der Waals surface area contributed by atoms with Crippen LogP contribution < -0.4 is 5.73 Å². The van der Waals surface area contributed by atoms with E-state index in [0.29, 0.717) is 13.0 Å². The minimum absolute atomic E-state index is 0.0959. The minimum atomic E-state index is -4.28. The quantitative estimate of drug-likeness (QED) is 0.0269. The van der Waals surface area contributed by atoms with Crippen LogP contribution in [0.2, 0.25) is 0 Å². The van der Waals surface area contributed by atoms with Crippen LogP contribution in [-0.2, 0) is 27.9 Å². The second kappa shape index (κ2) is 48.5. The van der Waals surface area contributed by atoms with Crippen molar-refractivity contribution in [3.63, 3.8) is 0 Å². The van der Waals surface area contributed by atoms with Crippen molar-refractivity contribution in [3.8, 4) is 0 Å². The molecule has 0 aliphatic carbocycles. The van der Waals surface area contributed by atoms with E-state index in [0.717, 1.165) is 57.8 Å². The van der Waals surface area contributed by atoms with Gasteiger partial charge in [0.2, 0.25) is 0 Å². The Morgan fingerprint density at radius 1 is 0.517 bits per heavy atom. The number of hydrogen-bond donors (Lipinski definition) is 2. The molecule has 0 saturated carbocycles. The molecular formula is C51H96NO7P. The first-order valence-electron chi connectivity index (χ1n) is 25.1. The second-order valence-corrected chi connectivity index (χ2v) is 18.1. The van der Waals surface area contributed by atoms with E-state index in [-0.39, 0.29) is 32.3 Å². The molecule has 2 unspecified atom stereocenters. The van der Waals surface area contributed by atoms with E-state index < -0.39 is 13.9 Å². The maximum atomic E-state index is 12.7. The van der Waals surface area contributed by atoms with Crippen LogP contribution in [0.25, 0.3) is 0 Å². The third-order valence-electron chi connectivity index (χ3n) is 10.8. The van der Waals surface area contributed by atoms with Gasteiger partial charge in [0.15, 0.2) is 0 Å². The largest absolute Gasteiger partial charge is 0.472 e. The van der Waals surface area contributed by atoms with Gasteiger partial charge in [-0.15, -0.1) is 0 Å². The lowest BCUT2D eigenvalue weighted by molar-refractivity contribution is -0.154. The van der Waals surface area contributed by atoms with Gasteiger partial charge in [0.05, 0.1) is 19.8 Å². The van der Waals surface area contributed by atoms with Gasteiger partial charge in [0, 0.05) is 19.6 Å². The van der Waals surface area contributed by atoms with Crippen molar-refractivity contribution >= 4 is 13.8 Å². The molecule has 0 aromatic rings. The molecule has 0 rings (SSSR count). The summed E-state index contributed by atoms with van der Waals surface area (Å²) >= 11 is 0. The van der Waals surface area contributed by atoms with Crippen LogP contribution in [0.1, 0.15) is 232 Å². The Balaban J connectivity index is 3.94. The number of hydrogen-bond acceptors (Lipinski definition) is 7. The topological polar surface area (TPSA) is 117 Å². The molecule has 0 aromatic heterocycles. The van der Waals surface area contributed by atoms with E-state index in [9.17, 15) is 14.3 Å². The maximum absolute atomic E-state index is 12.7. The monoisotopic (exact) mass is 866 g/mol. The predicted molar refractivity (Wildman–Crippen MR) is 256 cm³/mol. The Bertz CT molecular complexity index is 1060. The highest BCUT2D eigenvalue weighted by molar-refractivity contribution is 7.47. The number of phosphoric acid groups is 1. The average molecular weight is 866 g/mol. The number of allylic oxidation sites excluding steroid dienone is 8.